The topological polar surface area (TPSA) is 17.1 Å². The van der Waals surface area contributed by atoms with Crippen LogP contribution in [0.4, 0.5) is 13.2 Å². The average Bonchev–Trinajstić information content (AvgIpc) is 2.27. The third kappa shape index (κ3) is 4.72. The maximum Gasteiger partial charge on any atom is 0.416 e. The van der Waals surface area contributed by atoms with Crippen molar-refractivity contribution in [1.29, 1.82) is 0 Å². The molecule has 1 aromatic carbocycles. The predicted octanol–water partition coefficient (Wildman–Crippen LogP) is 4.28. The number of carbonyl (C=O) groups is 1. The summed E-state index contributed by atoms with van der Waals surface area (Å²) in [7, 11) is 0. The lowest BCUT2D eigenvalue weighted by molar-refractivity contribution is -0.137. The number of thioether (sulfide) groups is 1. The van der Waals surface area contributed by atoms with E-state index < -0.39 is 11.7 Å². The highest BCUT2D eigenvalue weighted by molar-refractivity contribution is 7.99. The van der Waals surface area contributed by atoms with Crippen LogP contribution < -0.4 is 0 Å². The number of alkyl halides is 3. The Morgan fingerprint density at radius 3 is 2.22 bits per heavy atom. The molecule has 0 saturated heterocycles. The summed E-state index contributed by atoms with van der Waals surface area (Å²) in [6, 6.07) is 4.36. The minimum Gasteiger partial charge on any atom is -0.293 e. The number of rotatable bonds is 5. The van der Waals surface area contributed by atoms with Crippen molar-refractivity contribution >= 4 is 17.5 Å². The molecule has 0 spiro atoms. The normalized spacial score (nSPS) is 11.9. The van der Waals surface area contributed by atoms with E-state index in [2.05, 4.69) is 13.8 Å². The molecule has 0 saturated carbocycles. The van der Waals surface area contributed by atoms with Gasteiger partial charge in [-0.2, -0.15) is 24.9 Å². The van der Waals surface area contributed by atoms with Crippen LogP contribution in [-0.4, -0.2) is 17.3 Å². The fourth-order valence-electron chi connectivity index (χ4n) is 1.32. The zero-order chi connectivity index (χ0) is 13.8. The number of ketones is 1. The molecular weight excluding hydrogens is 261 g/mol. The van der Waals surface area contributed by atoms with E-state index in [4.69, 9.17) is 0 Å². The fraction of sp³-hybridized carbons (Fsp3) is 0.462. The monoisotopic (exact) mass is 276 g/mol. The van der Waals surface area contributed by atoms with E-state index in [1.807, 2.05) is 0 Å². The molecule has 5 heteroatoms. The maximum atomic E-state index is 12.3. The summed E-state index contributed by atoms with van der Waals surface area (Å²) < 4.78 is 37.0. The first-order chi connectivity index (χ1) is 8.30. The molecule has 0 amide bonds. The number of Topliss-reactive ketones (excluding diaryl/α,β-unsaturated/α-hetero) is 1. The molecule has 1 nitrogen and oxygen atoms in total. The van der Waals surface area contributed by atoms with Gasteiger partial charge in [0.15, 0.2) is 5.78 Å². The van der Waals surface area contributed by atoms with E-state index in [1.165, 1.54) is 23.9 Å². The fourth-order valence-corrected chi connectivity index (χ4v) is 2.26. The minimum atomic E-state index is -4.35. The highest BCUT2D eigenvalue weighted by atomic mass is 32.2. The van der Waals surface area contributed by atoms with E-state index >= 15 is 0 Å². The van der Waals surface area contributed by atoms with Gasteiger partial charge in [0.1, 0.15) is 0 Å². The minimum absolute atomic E-state index is 0.130. The predicted molar refractivity (Wildman–Crippen MR) is 67.9 cm³/mol. The smallest absolute Gasteiger partial charge is 0.293 e. The number of halogens is 3. The number of benzene rings is 1. The molecule has 18 heavy (non-hydrogen) atoms. The van der Waals surface area contributed by atoms with Crippen molar-refractivity contribution in [2.75, 3.05) is 11.5 Å². The van der Waals surface area contributed by atoms with Crippen molar-refractivity contribution in [3.63, 3.8) is 0 Å². The van der Waals surface area contributed by atoms with Gasteiger partial charge in [0.05, 0.1) is 11.3 Å². The number of carbonyl (C=O) groups excluding carboxylic acids is 1. The Balaban J connectivity index is 2.60. The molecule has 0 atom stereocenters. The summed E-state index contributed by atoms with van der Waals surface area (Å²) in [5, 5.41) is 0. The lowest BCUT2D eigenvalue weighted by Gasteiger charge is -2.07. The lowest BCUT2D eigenvalue weighted by atomic mass is 10.1. The van der Waals surface area contributed by atoms with Crippen LogP contribution in [-0.2, 0) is 6.18 Å². The summed E-state index contributed by atoms with van der Waals surface area (Å²) in [6.45, 7) is 4.10. The van der Waals surface area contributed by atoms with Gasteiger partial charge in [0, 0.05) is 5.56 Å². The molecule has 0 aromatic heterocycles. The van der Waals surface area contributed by atoms with Gasteiger partial charge in [-0.15, -0.1) is 0 Å². The van der Waals surface area contributed by atoms with Gasteiger partial charge in [0.25, 0.3) is 0 Å². The summed E-state index contributed by atoms with van der Waals surface area (Å²) in [4.78, 5) is 11.7. The Hall–Kier alpha value is -0.970. The zero-order valence-electron chi connectivity index (χ0n) is 10.3. The Kier molecular flexibility index (Phi) is 5.26. The van der Waals surface area contributed by atoms with Gasteiger partial charge in [-0.25, -0.2) is 0 Å². The molecule has 1 aromatic rings. The van der Waals surface area contributed by atoms with Gasteiger partial charge in [0.2, 0.25) is 0 Å². The molecule has 0 aliphatic heterocycles. The second-order valence-corrected chi connectivity index (χ2v) is 5.44. The highest BCUT2D eigenvalue weighted by Gasteiger charge is 2.30. The van der Waals surface area contributed by atoms with E-state index in [9.17, 15) is 18.0 Å². The first-order valence-corrected chi connectivity index (χ1v) is 6.74. The molecule has 0 unspecified atom stereocenters. The molecule has 0 fully saturated rings. The van der Waals surface area contributed by atoms with Crippen LogP contribution in [0.25, 0.3) is 0 Å². The van der Waals surface area contributed by atoms with Crippen LogP contribution in [0.5, 0.6) is 0 Å². The van der Waals surface area contributed by atoms with Crippen LogP contribution in [0.15, 0.2) is 24.3 Å². The van der Waals surface area contributed by atoms with Crippen molar-refractivity contribution in [2.45, 2.75) is 20.0 Å². The maximum absolute atomic E-state index is 12.3. The molecule has 1 rings (SSSR count). The van der Waals surface area contributed by atoms with Crippen molar-refractivity contribution in [2.24, 2.45) is 5.92 Å². The van der Waals surface area contributed by atoms with Gasteiger partial charge in [-0.05, 0) is 23.8 Å². The van der Waals surface area contributed by atoms with Crippen LogP contribution in [0.2, 0.25) is 0 Å². The average molecular weight is 276 g/mol. The van der Waals surface area contributed by atoms with Crippen molar-refractivity contribution in [3.05, 3.63) is 35.4 Å². The number of hydrogen-bond acceptors (Lipinski definition) is 2. The van der Waals surface area contributed by atoms with Crippen molar-refractivity contribution in [1.82, 2.24) is 0 Å². The summed E-state index contributed by atoms with van der Waals surface area (Å²) in [6.07, 6.45) is -4.35. The van der Waals surface area contributed by atoms with Crippen molar-refractivity contribution < 1.29 is 18.0 Å². The molecule has 0 bridgehead atoms. The van der Waals surface area contributed by atoms with E-state index in [0.29, 0.717) is 17.2 Å². The van der Waals surface area contributed by atoms with E-state index in [1.54, 1.807) is 0 Å². The molecule has 0 aliphatic rings. The first-order valence-electron chi connectivity index (χ1n) is 5.59. The van der Waals surface area contributed by atoms with Crippen LogP contribution in [0, 0.1) is 5.92 Å². The van der Waals surface area contributed by atoms with Gasteiger partial charge in [-0.3, -0.25) is 4.79 Å². The summed E-state index contributed by atoms with van der Waals surface area (Å²) >= 11 is 1.50. The quantitative estimate of drug-likeness (QED) is 0.747. The molecule has 0 radical (unpaired) electrons. The number of hydrogen-bond donors (Lipinski definition) is 0. The zero-order valence-corrected chi connectivity index (χ0v) is 11.1. The molecule has 0 N–H and O–H groups in total. The standard InChI is InChI=1S/C13H15F3OS/c1-9(2)7-18-8-12(17)10-3-5-11(6-4-10)13(14,15)16/h3-6,9H,7-8H2,1-2H3. The second kappa shape index (κ2) is 6.27. The molecular formula is C13H15F3OS. The lowest BCUT2D eigenvalue weighted by Crippen LogP contribution is -2.07. The van der Waals surface area contributed by atoms with E-state index in [-0.39, 0.29) is 5.78 Å². The molecule has 0 heterocycles. The van der Waals surface area contributed by atoms with Crippen molar-refractivity contribution in [3.8, 4) is 0 Å². The Morgan fingerprint density at radius 1 is 1.22 bits per heavy atom. The highest BCUT2D eigenvalue weighted by Crippen LogP contribution is 2.29. The third-order valence-corrected chi connectivity index (χ3v) is 3.59. The van der Waals surface area contributed by atoms with Gasteiger partial charge < -0.3 is 0 Å². The molecule has 100 valence electrons. The van der Waals surface area contributed by atoms with E-state index in [0.717, 1.165) is 17.9 Å². The Labute approximate surface area is 109 Å². The van der Waals surface area contributed by atoms with Crippen LogP contribution in [0.3, 0.4) is 0 Å². The van der Waals surface area contributed by atoms with Gasteiger partial charge >= 0.3 is 6.18 Å². The largest absolute Gasteiger partial charge is 0.416 e. The summed E-state index contributed by atoms with van der Waals surface area (Å²) in [5.74, 6) is 1.54. The molecule has 0 aliphatic carbocycles. The summed E-state index contributed by atoms with van der Waals surface area (Å²) in [5.41, 5.74) is -0.395. The van der Waals surface area contributed by atoms with Crippen LogP contribution in [0.1, 0.15) is 29.8 Å². The Morgan fingerprint density at radius 2 is 1.78 bits per heavy atom. The SMILES string of the molecule is CC(C)CSCC(=O)c1ccc(C(F)(F)F)cc1. The Bertz CT molecular complexity index is 396. The van der Waals surface area contributed by atoms with Gasteiger partial charge in [-0.1, -0.05) is 26.0 Å². The third-order valence-electron chi connectivity index (χ3n) is 2.22. The second-order valence-electron chi connectivity index (χ2n) is 4.41. The van der Waals surface area contributed by atoms with Crippen LogP contribution >= 0.6 is 11.8 Å². The first kappa shape index (κ1) is 15.1.